The molecule has 0 bridgehead atoms. The monoisotopic (exact) mass is 469 g/mol. The van der Waals surface area contributed by atoms with E-state index in [4.69, 9.17) is 11.6 Å². The van der Waals surface area contributed by atoms with E-state index in [0.29, 0.717) is 21.7 Å². The number of anilines is 1. The molecule has 0 aliphatic heterocycles. The average Bonchev–Trinajstić information content (AvgIpc) is 3.44. The number of para-hydroxylation sites is 1. The minimum absolute atomic E-state index is 0.260. The molecule has 166 valence electrons. The van der Waals surface area contributed by atoms with Gasteiger partial charge in [0.1, 0.15) is 0 Å². The van der Waals surface area contributed by atoms with Crippen molar-refractivity contribution in [3.8, 4) is 11.4 Å². The molecule has 2 aromatic carbocycles. The van der Waals surface area contributed by atoms with Crippen LogP contribution in [0.2, 0.25) is 5.02 Å². The highest BCUT2D eigenvalue weighted by molar-refractivity contribution is 8.00. The van der Waals surface area contributed by atoms with E-state index in [9.17, 15) is 9.59 Å². The SMILES string of the molecule is CC(Sc1nnc(-c2ccccc2Cl)n1C1CCCC1)C(=O)NC(=O)Nc1ccccc1. The van der Waals surface area contributed by atoms with Crippen LogP contribution in [0.5, 0.6) is 0 Å². The second-order valence-corrected chi connectivity index (χ2v) is 9.38. The Hall–Kier alpha value is -2.84. The first-order valence-electron chi connectivity index (χ1n) is 10.6. The number of benzene rings is 2. The Morgan fingerprint density at radius 3 is 2.47 bits per heavy atom. The summed E-state index contributed by atoms with van der Waals surface area (Å²) in [6.07, 6.45) is 4.35. The molecule has 3 amide bonds. The molecule has 1 saturated carbocycles. The van der Waals surface area contributed by atoms with Crippen LogP contribution in [0.3, 0.4) is 0 Å². The zero-order chi connectivity index (χ0) is 22.5. The van der Waals surface area contributed by atoms with Crippen LogP contribution in [-0.4, -0.2) is 32.0 Å². The Morgan fingerprint density at radius 2 is 1.75 bits per heavy atom. The maximum Gasteiger partial charge on any atom is 0.325 e. The van der Waals surface area contributed by atoms with Gasteiger partial charge in [0.15, 0.2) is 11.0 Å². The van der Waals surface area contributed by atoms with E-state index >= 15 is 0 Å². The van der Waals surface area contributed by atoms with Crippen LogP contribution in [0, 0.1) is 0 Å². The lowest BCUT2D eigenvalue weighted by Gasteiger charge is -2.18. The van der Waals surface area contributed by atoms with Gasteiger partial charge in [0.2, 0.25) is 5.91 Å². The van der Waals surface area contributed by atoms with E-state index in [1.54, 1.807) is 19.1 Å². The fraction of sp³-hybridized carbons (Fsp3) is 0.304. The maximum atomic E-state index is 12.6. The molecule has 1 aliphatic carbocycles. The molecule has 9 heteroatoms. The summed E-state index contributed by atoms with van der Waals surface area (Å²) in [6, 6.07) is 16.2. The van der Waals surface area contributed by atoms with Gasteiger partial charge in [-0.2, -0.15) is 0 Å². The summed E-state index contributed by atoms with van der Waals surface area (Å²) in [5.74, 6) is 0.308. The van der Waals surface area contributed by atoms with Gasteiger partial charge < -0.3 is 5.32 Å². The first-order valence-corrected chi connectivity index (χ1v) is 11.8. The van der Waals surface area contributed by atoms with Crippen molar-refractivity contribution >= 4 is 41.0 Å². The number of carbonyl (C=O) groups is 2. The summed E-state index contributed by atoms with van der Waals surface area (Å²) in [5.41, 5.74) is 1.43. The van der Waals surface area contributed by atoms with Crippen molar-refractivity contribution in [1.29, 1.82) is 0 Å². The summed E-state index contributed by atoms with van der Waals surface area (Å²) in [6.45, 7) is 1.75. The van der Waals surface area contributed by atoms with Gasteiger partial charge in [-0.25, -0.2) is 4.79 Å². The number of amides is 3. The quantitative estimate of drug-likeness (QED) is 0.462. The van der Waals surface area contributed by atoms with Gasteiger partial charge in [-0.1, -0.05) is 66.5 Å². The third-order valence-electron chi connectivity index (χ3n) is 5.39. The van der Waals surface area contributed by atoms with Crippen LogP contribution in [-0.2, 0) is 4.79 Å². The zero-order valence-electron chi connectivity index (χ0n) is 17.6. The zero-order valence-corrected chi connectivity index (χ0v) is 19.2. The van der Waals surface area contributed by atoms with Crippen LogP contribution in [0.25, 0.3) is 11.4 Å². The summed E-state index contributed by atoms with van der Waals surface area (Å²) in [4.78, 5) is 24.8. The van der Waals surface area contributed by atoms with Crippen molar-refractivity contribution in [2.45, 2.75) is 49.1 Å². The van der Waals surface area contributed by atoms with Crippen LogP contribution in [0.15, 0.2) is 59.8 Å². The molecule has 3 aromatic rings. The number of hydrogen-bond donors (Lipinski definition) is 2. The van der Waals surface area contributed by atoms with Gasteiger partial charge in [-0.3, -0.25) is 14.7 Å². The van der Waals surface area contributed by atoms with Crippen molar-refractivity contribution in [2.24, 2.45) is 0 Å². The van der Waals surface area contributed by atoms with E-state index in [-0.39, 0.29) is 6.04 Å². The van der Waals surface area contributed by atoms with Crippen LogP contribution in [0.1, 0.15) is 38.6 Å². The predicted octanol–water partition coefficient (Wildman–Crippen LogP) is 5.54. The molecule has 4 rings (SSSR count). The van der Waals surface area contributed by atoms with Gasteiger partial charge in [-0.05, 0) is 44.0 Å². The highest BCUT2D eigenvalue weighted by Gasteiger charge is 2.28. The Morgan fingerprint density at radius 1 is 1.06 bits per heavy atom. The molecule has 7 nitrogen and oxygen atoms in total. The van der Waals surface area contributed by atoms with Crippen LogP contribution < -0.4 is 10.6 Å². The average molecular weight is 470 g/mol. The first-order chi connectivity index (χ1) is 15.5. The maximum absolute atomic E-state index is 12.6. The van der Waals surface area contributed by atoms with Crippen molar-refractivity contribution in [1.82, 2.24) is 20.1 Å². The molecule has 1 heterocycles. The van der Waals surface area contributed by atoms with E-state index in [0.717, 1.165) is 31.2 Å². The largest absolute Gasteiger partial charge is 0.325 e. The fourth-order valence-electron chi connectivity index (χ4n) is 3.78. The molecule has 1 fully saturated rings. The van der Waals surface area contributed by atoms with Crippen molar-refractivity contribution < 1.29 is 9.59 Å². The molecule has 1 aromatic heterocycles. The second kappa shape index (κ2) is 10.2. The molecule has 32 heavy (non-hydrogen) atoms. The molecule has 2 N–H and O–H groups in total. The van der Waals surface area contributed by atoms with Gasteiger partial charge in [0.05, 0.1) is 10.3 Å². The molecule has 0 spiro atoms. The van der Waals surface area contributed by atoms with Gasteiger partial charge in [0, 0.05) is 17.3 Å². The molecular formula is C23H24ClN5O2S. The lowest BCUT2D eigenvalue weighted by atomic mass is 10.2. The Balaban J connectivity index is 1.50. The standard InChI is InChI=1S/C23H24ClN5O2S/c1-15(21(30)26-22(31)25-16-9-3-2-4-10-16)32-23-28-27-20(18-13-7-8-14-19(18)24)29(23)17-11-5-6-12-17/h2-4,7-10,13-15,17H,5-6,11-12H2,1H3,(H2,25,26,30,31). The topological polar surface area (TPSA) is 88.9 Å². The first kappa shape index (κ1) is 22.4. The highest BCUT2D eigenvalue weighted by atomic mass is 35.5. The van der Waals surface area contributed by atoms with Crippen molar-refractivity contribution in [3.63, 3.8) is 0 Å². The number of thioether (sulfide) groups is 1. The number of aromatic nitrogens is 3. The second-order valence-electron chi connectivity index (χ2n) is 7.66. The van der Waals surface area contributed by atoms with Crippen molar-refractivity contribution in [2.75, 3.05) is 5.32 Å². The van der Waals surface area contributed by atoms with Crippen LogP contribution >= 0.6 is 23.4 Å². The number of rotatable bonds is 6. The lowest BCUT2D eigenvalue weighted by molar-refractivity contribution is -0.119. The van der Waals surface area contributed by atoms with Crippen LogP contribution in [0.4, 0.5) is 10.5 Å². The minimum atomic E-state index is -0.567. The summed E-state index contributed by atoms with van der Waals surface area (Å²) < 4.78 is 2.10. The lowest BCUT2D eigenvalue weighted by Crippen LogP contribution is -2.39. The number of nitrogens with zero attached hydrogens (tertiary/aromatic N) is 3. The summed E-state index contributed by atoms with van der Waals surface area (Å²) in [5, 5.41) is 14.6. The smallest absolute Gasteiger partial charge is 0.308 e. The normalized spacial score (nSPS) is 14.8. The van der Waals surface area contributed by atoms with E-state index < -0.39 is 17.2 Å². The third kappa shape index (κ3) is 5.14. The molecule has 0 radical (unpaired) electrons. The van der Waals surface area contributed by atoms with E-state index in [1.165, 1.54) is 11.8 Å². The molecule has 1 aliphatic rings. The number of urea groups is 1. The number of carbonyl (C=O) groups excluding carboxylic acids is 2. The predicted molar refractivity (Wildman–Crippen MR) is 127 cm³/mol. The molecule has 0 saturated heterocycles. The molecule has 1 atom stereocenters. The Bertz CT molecular complexity index is 1100. The van der Waals surface area contributed by atoms with Gasteiger partial charge in [0.25, 0.3) is 0 Å². The van der Waals surface area contributed by atoms with Gasteiger partial charge in [-0.15, -0.1) is 10.2 Å². The highest BCUT2D eigenvalue weighted by Crippen LogP contribution is 2.38. The summed E-state index contributed by atoms with van der Waals surface area (Å²) >= 11 is 7.72. The Kier molecular flexibility index (Phi) is 7.12. The van der Waals surface area contributed by atoms with Crippen molar-refractivity contribution in [3.05, 3.63) is 59.6 Å². The van der Waals surface area contributed by atoms with E-state index in [2.05, 4.69) is 25.4 Å². The number of imide groups is 1. The number of nitrogens with one attached hydrogen (secondary N) is 2. The van der Waals surface area contributed by atoms with E-state index in [1.807, 2.05) is 42.5 Å². The number of hydrogen-bond acceptors (Lipinski definition) is 5. The van der Waals surface area contributed by atoms with Gasteiger partial charge >= 0.3 is 6.03 Å². The molecular weight excluding hydrogens is 446 g/mol. The summed E-state index contributed by atoms with van der Waals surface area (Å²) in [7, 11) is 0. The minimum Gasteiger partial charge on any atom is -0.308 e. The number of halogens is 1. The Labute approximate surface area is 196 Å². The molecule has 1 unspecified atom stereocenters. The third-order valence-corrected chi connectivity index (χ3v) is 6.78. The fourth-order valence-corrected chi connectivity index (χ4v) is 4.92.